The molecule has 0 bridgehead atoms. The van der Waals surface area contributed by atoms with Gasteiger partial charge in [-0.25, -0.2) is 0 Å². The molecule has 2 heteroatoms. The predicted molar refractivity (Wildman–Crippen MR) is 72.2 cm³/mol. The van der Waals surface area contributed by atoms with E-state index in [2.05, 4.69) is 29.6 Å². The van der Waals surface area contributed by atoms with Crippen LogP contribution < -0.4 is 5.32 Å². The lowest BCUT2D eigenvalue weighted by Crippen LogP contribution is -2.28. The maximum atomic E-state index is 12.1. The van der Waals surface area contributed by atoms with E-state index in [4.69, 9.17) is 0 Å². The van der Waals surface area contributed by atoms with Crippen LogP contribution in [0.1, 0.15) is 55.7 Å². The minimum absolute atomic E-state index is 0.253. The lowest BCUT2D eigenvalue weighted by Gasteiger charge is -2.16. The van der Waals surface area contributed by atoms with Gasteiger partial charge in [-0.3, -0.25) is 4.79 Å². The van der Waals surface area contributed by atoms with E-state index >= 15 is 0 Å². The molecule has 3 rings (SSSR count). The molecule has 2 nitrogen and oxygen atoms in total. The molecule has 1 N–H and O–H groups in total. The van der Waals surface area contributed by atoms with Gasteiger partial charge in [0.1, 0.15) is 0 Å². The maximum absolute atomic E-state index is 12.1. The molecule has 1 unspecified atom stereocenters. The van der Waals surface area contributed by atoms with E-state index in [9.17, 15) is 4.79 Å². The molecule has 0 spiro atoms. The van der Waals surface area contributed by atoms with Crippen LogP contribution in [0, 0.1) is 5.92 Å². The highest BCUT2D eigenvalue weighted by atomic mass is 16.1. The monoisotopic (exact) mass is 243 g/mol. The van der Waals surface area contributed by atoms with Crippen molar-refractivity contribution in [1.29, 1.82) is 0 Å². The summed E-state index contributed by atoms with van der Waals surface area (Å²) < 4.78 is 0. The van der Waals surface area contributed by atoms with Gasteiger partial charge >= 0.3 is 0 Å². The molecule has 0 aliphatic heterocycles. The Kier molecular flexibility index (Phi) is 3.35. The number of carbonyl (C=O) groups excluding carboxylic acids is 1. The third kappa shape index (κ3) is 2.43. The second-order valence-corrected chi connectivity index (χ2v) is 5.71. The zero-order valence-electron chi connectivity index (χ0n) is 10.8. The molecule has 0 radical (unpaired) electrons. The summed E-state index contributed by atoms with van der Waals surface area (Å²) in [4.78, 5) is 12.1. The summed E-state index contributed by atoms with van der Waals surface area (Å²) in [6.07, 6.45) is 8.01. The van der Waals surface area contributed by atoms with Crippen LogP contribution in [0.4, 0.5) is 0 Å². The van der Waals surface area contributed by atoms with Crippen LogP contribution in [0.2, 0.25) is 0 Å². The van der Waals surface area contributed by atoms with Crippen molar-refractivity contribution in [1.82, 2.24) is 5.32 Å². The fraction of sp³-hybridized carbons (Fsp3) is 0.562. The Balaban J connectivity index is 1.58. The van der Waals surface area contributed by atoms with Crippen LogP contribution in [-0.4, -0.2) is 5.91 Å². The van der Waals surface area contributed by atoms with Gasteiger partial charge in [0.2, 0.25) is 5.91 Å². The van der Waals surface area contributed by atoms with E-state index in [1.807, 2.05) is 0 Å². The van der Waals surface area contributed by atoms with Gasteiger partial charge in [0, 0.05) is 6.42 Å². The van der Waals surface area contributed by atoms with Crippen LogP contribution in [-0.2, 0) is 11.2 Å². The van der Waals surface area contributed by atoms with Crippen molar-refractivity contribution >= 4 is 5.91 Å². The fourth-order valence-corrected chi connectivity index (χ4v) is 3.44. The minimum atomic E-state index is 0.253. The van der Waals surface area contributed by atoms with E-state index in [-0.39, 0.29) is 11.9 Å². The number of fused-ring (bicyclic) bond motifs is 1. The third-order valence-corrected chi connectivity index (χ3v) is 4.42. The van der Waals surface area contributed by atoms with Gasteiger partial charge in [-0.2, -0.15) is 0 Å². The van der Waals surface area contributed by atoms with Crippen molar-refractivity contribution in [3.8, 4) is 0 Å². The molecule has 1 atom stereocenters. The van der Waals surface area contributed by atoms with Crippen molar-refractivity contribution in [2.45, 2.75) is 51.0 Å². The van der Waals surface area contributed by atoms with Gasteiger partial charge in [-0.1, -0.05) is 37.1 Å². The first-order chi connectivity index (χ1) is 8.83. The molecule has 1 saturated carbocycles. The van der Waals surface area contributed by atoms with E-state index in [0.717, 1.165) is 19.3 Å². The number of rotatable bonds is 3. The highest BCUT2D eigenvalue weighted by Gasteiger charge is 2.25. The van der Waals surface area contributed by atoms with Gasteiger partial charge in [0.15, 0.2) is 0 Å². The molecule has 96 valence electrons. The van der Waals surface area contributed by atoms with Gasteiger partial charge in [0.25, 0.3) is 0 Å². The number of carbonyl (C=O) groups is 1. The lowest BCUT2D eigenvalue weighted by atomic mass is 10.0. The second-order valence-electron chi connectivity index (χ2n) is 5.71. The zero-order chi connectivity index (χ0) is 12.4. The largest absolute Gasteiger partial charge is 0.349 e. The Bertz CT molecular complexity index is 434. The molecule has 2 aliphatic rings. The Hall–Kier alpha value is -1.31. The molecule has 0 saturated heterocycles. The number of nitrogens with one attached hydrogen (secondary N) is 1. The van der Waals surface area contributed by atoms with Crippen molar-refractivity contribution < 1.29 is 4.79 Å². The molecule has 1 amide bonds. The normalized spacial score (nSPS) is 23.0. The number of hydrogen-bond donors (Lipinski definition) is 1. The van der Waals surface area contributed by atoms with Crippen LogP contribution in [0.5, 0.6) is 0 Å². The van der Waals surface area contributed by atoms with Crippen LogP contribution >= 0.6 is 0 Å². The van der Waals surface area contributed by atoms with Gasteiger partial charge in [0.05, 0.1) is 6.04 Å². The number of hydrogen-bond acceptors (Lipinski definition) is 1. The zero-order valence-corrected chi connectivity index (χ0v) is 10.8. The summed E-state index contributed by atoms with van der Waals surface area (Å²) >= 11 is 0. The first kappa shape index (κ1) is 11.8. The summed E-state index contributed by atoms with van der Waals surface area (Å²) in [5.74, 6) is 0.894. The quantitative estimate of drug-likeness (QED) is 0.866. The molecule has 1 fully saturated rings. The topological polar surface area (TPSA) is 29.1 Å². The summed E-state index contributed by atoms with van der Waals surface area (Å²) in [5, 5.41) is 3.22. The average Bonchev–Trinajstić information content (AvgIpc) is 3.00. The minimum Gasteiger partial charge on any atom is -0.349 e. The molecule has 1 aromatic carbocycles. The standard InChI is InChI=1S/C16H21NO/c18-16(11-12-5-1-2-6-12)17-15-10-9-13-7-3-4-8-14(13)15/h3-4,7-8,12,15H,1-2,5-6,9-11H2,(H,17,18). The van der Waals surface area contributed by atoms with E-state index in [1.165, 1.54) is 36.8 Å². The van der Waals surface area contributed by atoms with Crippen LogP contribution in [0.25, 0.3) is 0 Å². The Morgan fingerprint density at radius 2 is 1.94 bits per heavy atom. The molecule has 0 aromatic heterocycles. The van der Waals surface area contributed by atoms with Gasteiger partial charge in [-0.15, -0.1) is 0 Å². The summed E-state index contributed by atoms with van der Waals surface area (Å²) in [6, 6.07) is 8.75. The number of aryl methyl sites for hydroxylation is 1. The Morgan fingerprint density at radius 1 is 1.17 bits per heavy atom. The lowest BCUT2D eigenvalue weighted by molar-refractivity contribution is -0.122. The first-order valence-corrected chi connectivity index (χ1v) is 7.20. The molecular formula is C16H21NO. The van der Waals surface area contributed by atoms with Crippen LogP contribution in [0.3, 0.4) is 0 Å². The Labute approximate surface area is 109 Å². The number of amides is 1. The average molecular weight is 243 g/mol. The van der Waals surface area contributed by atoms with Gasteiger partial charge in [-0.05, 0) is 42.7 Å². The molecule has 1 aromatic rings. The Morgan fingerprint density at radius 3 is 2.78 bits per heavy atom. The third-order valence-electron chi connectivity index (χ3n) is 4.42. The van der Waals surface area contributed by atoms with Crippen molar-refractivity contribution in [3.63, 3.8) is 0 Å². The first-order valence-electron chi connectivity index (χ1n) is 7.20. The molecular weight excluding hydrogens is 222 g/mol. The molecule has 18 heavy (non-hydrogen) atoms. The van der Waals surface area contributed by atoms with E-state index in [1.54, 1.807) is 0 Å². The summed E-state index contributed by atoms with van der Waals surface area (Å²) in [7, 11) is 0. The second kappa shape index (κ2) is 5.13. The molecule has 2 aliphatic carbocycles. The highest BCUT2D eigenvalue weighted by molar-refractivity contribution is 5.77. The van der Waals surface area contributed by atoms with Crippen LogP contribution in [0.15, 0.2) is 24.3 Å². The maximum Gasteiger partial charge on any atom is 0.220 e. The highest BCUT2D eigenvalue weighted by Crippen LogP contribution is 2.32. The summed E-state index contributed by atoms with van der Waals surface area (Å²) in [5.41, 5.74) is 2.74. The van der Waals surface area contributed by atoms with E-state index in [0.29, 0.717) is 5.92 Å². The van der Waals surface area contributed by atoms with Crippen molar-refractivity contribution in [3.05, 3.63) is 35.4 Å². The summed E-state index contributed by atoms with van der Waals surface area (Å²) in [6.45, 7) is 0. The van der Waals surface area contributed by atoms with E-state index < -0.39 is 0 Å². The molecule has 0 heterocycles. The van der Waals surface area contributed by atoms with Gasteiger partial charge < -0.3 is 5.32 Å². The van der Waals surface area contributed by atoms with Crippen molar-refractivity contribution in [2.24, 2.45) is 5.92 Å². The van der Waals surface area contributed by atoms with Crippen molar-refractivity contribution in [2.75, 3.05) is 0 Å². The predicted octanol–water partition coefficient (Wildman–Crippen LogP) is 3.37. The number of benzene rings is 1. The SMILES string of the molecule is O=C(CC1CCCC1)NC1CCc2ccccc21. The smallest absolute Gasteiger partial charge is 0.220 e. The fourth-order valence-electron chi connectivity index (χ4n) is 3.44.